The van der Waals surface area contributed by atoms with E-state index in [0.717, 1.165) is 12.2 Å². The Morgan fingerprint density at radius 2 is 2.00 bits per heavy atom. The molecule has 13 heteroatoms. The fraction of sp³-hybridized carbons (Fsp3) is 0.542. The van der Waals surface area contributed by atoms with Gasteiger partial charge in [-0.1, -0.05) is 25.7 Å². The van der Waals surface area contributed by atoms with E-state index < -0.39 is 55.9 Å². The second-order valence-corrected chi connectivity index (χ2v) is 15.7. The molecule has 204 valence electrons. The maximum Gasteiger partial charge on any atom is 0.423 e. The number of rotatable bonds is 10. The van der Waals surface area contributed by atoms with Gasteiger partial charge < -0.3 is 24.2 Å². The van der Waals surface area contributed by atoms with Crippen molar-refractivity contribution in [2.45, 2.75) is 57.2 Å². The molecule has 0 spiro atoms. The van der Waals surface area contributed by atoms with E-state index >= 15 is 0 Å². The van der Waals surface area contributed by atoms with Crippen LogP contribution in [-0.2, 0) is 22.4 Å². The zero-order valence-corrected chi connectivity index (χ0v) is 22.2. The number of carbonyl (C=O) groups is 1. The minimum Gasteiger partial charge on any atom is -0.491 e. The fourth-order valence-corrected chi connectivity index (χ4v) is 4.71. The van der Waals surface area contributed by atoms with Crippen LogP contribution in [0.5, 0.6) is 5.75 Å². The first-order valence-electron chi connectivity index (χ1n) is 11.8. The zero-order valence-electron chi connectivity index (χ0n) is 21.2. The van der Waals surface area contributed by atoms with Gasteiger partial charge in [-0.05, 0) is 30.7 Å². The first kappa shape index (κ1) is 28.7. The molecule has 0 unspecified atom stereocenters. The average Bonchev–Trinajstić information content (AvgIpc) is 3.19. The van der Waals surface area contributed by atoms with E-state index in [-0.39, 0.29) is 25.1 Å². The molecule has 0 saturated carbocycles. The Morgan fingerprint density at radius 3 is 2.65 bits per heavy atom. The van der Waals surface area contributed by atoms with Gasteiger partial charge in [0.2, 0.25) is 0 Å². The van der Waals surface area contributed by atoms with Crippen LogP contribution in [0.2, 0.25) is 25.7 Å². The number of halogens is 3. The molecule has 1 fully saturated rings. The normalized spacial score (nSPS) is 18.2. The Bertz CT molecular complexity index is 1150. The second-order valence-electron chi connectivity index (χ2n) is 10.1. The number of esters is 1. The van der Waals surface area contributed by atoms with Crippen LogP contribution in [0.4, 0.5) is 18.9 Å². The van der Waals surface area contributed by atoms with Crippen molar-refractivity contribution in [2.24, 2.45) is 0 Å². The van der Waals surface area contributed by atoms with Crippen LogP contribution in [0.15, 0.2) is 35.3 Å². The lowest BCUT2D eigenvalue weighted by atomic mass is 10.1. The number of alkyl halides is 3. The van der Waals surface area contributed by atoms with Crippen molar-refractivity contribution in [3.05, 3.63) is 51.9 Å². The molecule has 0 aliphatic carbocycles. The molecule has 1 aromatic carbocycles. The zero-order chi connectivity index (χ0) is 27.4. The molecular formula is C24H32F3N3O6Si. The Morgan fingerprint density at radius 1 is 1.27 bits per heavy atom. The first-order chi connectivity index (χ1) is 17.3. The predicted octanol–water partition coefficient (Wildman–Crippen LogP) is 3.38. The Labute approximate surface area is 213 Å². The van der Waals surface area contributed by atoms with Crippen molar-refractivity contribution in [2.75, 3.05) is 31.8 Å². The summed E-state index contributed by atoms with van der Waals surface area (Å²) in [7, 11) is -0.169. The van der Waals surface area contributed by atoms with Gasteiger partial charge in [0.1, 0.15) is 24.7 Å². The largest absolute Gasteiger partial charge is 0.491 e. The molecule has 2 atom stereocenters. The highest BCUT2D eigenvalue weighted by Gasteiger charge is 2.43. The summed E-state index contributed by atoms with van der Waals surface area (Å²) in [5.41, 5.74) is -2.86. The van der Waals surface area contributed by atoms with E-state index in [1.165, 1.54) is 24.1 Å². The van der Waals surface area contributed by atoms with Gasteiger partial charge in [0.05, 0.1) is 36.7 Å². The topological polar surface area (TPSA) is 103 Å². The van der Waals surface area contributed by atoms with Crippen LogP contribution in [0.3, 0.4) is 0 Å². The summed E-state index contributed by atoms with van der Waals surface area (Å²) in [5, 5.41) is 14.2. The minimum atomic E-state index is -4.96. The van der Waals surface area contributed by atoms with Crippen molar-refractivity contribution < 1.29 is 37.3 Å². The standard InChI is InChI=1S/C24H32F3N3O6Si/c1-34-23(33)16-6-5-7-19(10-16)36-14-17-11-18(31)13-29(17)20-12-28-30(15-35-8-9-37(2,3)4)22(32)21(20)24(25,26)27/h5-7,10,12,17-18,31H,8-9,11,13-15H2,1-4H3/t17-,18+/m0/s1. The van der Waals surface area contributed by atoms with E-state index in [4.69, 9.17) is 9.47 Å². The van der Waals surface area contributed by atoms with Crippen molar-refractivity contribution in [1.29, 1.82) is 0 Å². The van der Waals surface area contributed by atoms with Crippen LogP contribution >= 0.6 is 0 Å². The summed E-state index contributed by atoms with van der Waals surface area (Å²) in [4.78, 5) is 25.9. The van der Waals surface area contributed by atoms with E-state index in [2.05, 4.69) is 29.5 Å². The van der Waals surface area contributed by atoms with Gasteiger partial charge in [-0.15, -0.1) is 0 Å². The number of hydrogen-bond acceptors (Lipinski definition) is 8. The van der Waals surface area contributed by atoms with Gasteiger partial charge >= 0.3 is 12.1 Å². The number of aliphatic hydroxyl groups excluding tert-OH is 1. The molecule has 2 heterocycles. The molecule has 0 radical (unpaired) electrons. The molecule has 1 N–H and O–H groups in total. The van der Waals surface area contributed by atoms with Gasteiger partial charge in [-0.25, -0.2) is 9.48 Å². The van der Waals surface area contributed by atoms with E-state index in [1.807, 2.05) is 0 Å². The van der Waals surface area contributed by atoms with Crippen molar-refractivity contribution in [1.82, 2.24) is 9.78 Å². The third kappa shape index (κ3) is 7.55. The van der Waals surface area contributed by atoms with Crippen LogP contribution in [-0.4, -0.2) is 67.9 Å². The summed E-state index contributed by atoms with van der Waals surface area (Å²) in [5.74, 6) is -0.251. The lowest BCUT2D eigenvalue weighted by molar-refractivity contribution is -0.138. The molecule has 9 nitrogen and oxygen atoms in total. The highest BCUT2D eigenvalue weighted by atomic mass is 28.3. The summed E-state index contributed by atoms with van der Waals surface area (Å²) < 4.78 is 58.7. The molecular weight excluding hydrogens is 511 g/mol. The monoisotopic (exact) mass is 543 g/mol. The number of aromatic nitrogens is 2. The fourth-order valence-electron chi connectivity index (χ4n) is 3.95. The van der Waals surface area contributed by atoms with Crippen LogP contribution < -0.4 is 15.2 Å². The third-order valence-electron chi connectivity index (χ3n) is 5.92. The molecule has 0 amide bonds. The van der Waals surface area contributed by atoms with Gasteiger partial charge in [-0.3, -0.25) is 4.79 Å². The second kappa shape index (κ2) is 11.7. The van der Waals surface area contributed by atoms with Crippen molar-refractivity contribution >= 4 is 19.7 Å². The minimum absolute atomic E-state index is 0.0954. The van der Waals surface area contributed by atoms with Crippen LogP contribution in [0.1, 0.15) is 22.3 Å². The van der Waals surface area contributed by atoms with E-state index in [1.54, 1.807) is 12.1 Å². The number of β-amino-alcohol motifs (C(OH)–C–C–N with tert-alkyl or cyclic N) is 1. The molecule has 1 aromatic heterocycles. The number of anilines is 1. The number of hydrogen-bond donors (Lipinski definition) is 1. The number of nitrogens with zero attached hydrogens (tertiary/aromatic N) is 3. The van der Waals surface area contributed by atoms with Gasteiger partial charge in [0, 0.05) is 21.2 Å². The summed E-state index contributed by atoms with van der Waals surface area (Å²) in [6.07, 6.45) is -4.78. The van der Waals surface area contributed by atoms with Gasteiger partial charge in [0.25, 0.3) is 5.56 Å². The summed E-state index contributed by atoms with van der Waals surface area (Å²) in [6, 6.07) is 6.28. The Balaban J connectivity index is 1.82. The average molecular weight is 544 g/mol. The number of aliphatic hydroxyl groups is 1. The quantitative estimate of drug-likeness (QED) is 0.277. The lowest BCUT2D eigenvalue weighted by Crippen LogP contribution is -2.40. The highest BCUT2D eigenvalue weighted by Crippen LogP contribution is 2.36. The first-order valence-corrected chi connectivity index (χ1v) is 15.5. The molecule has 1 aliphatic rings. The van der Waals surface area contributed by atoms with Crippen molar-refractivity contribution in [3.63, 3.8) is 0 Å². The molecule has 1 saturated heterocycles. The molecule has 0 bridgehead atoms. The third-order valence-corrected chi connectivity index (χ3v) is 7.62. The lowest BCUT2D eigenvalue weighted by Gasteiger charge is -2.28. The molecule has 1 aliphatic heterocycles. The maximum absolute atomic E-state index is 14.1. The Kier molecular flexibility index (Phi) is 9.03. The van der Waals surface area contributed by atoms with Gasteiger partial charge in [-0.2, -0.15) is 18.3 Å². The number of ether oxygens (including phenoxy) is 3. The predicted molar refractivity (Wildman–Crippen MR) is 133 cm³/mol. The summed E-state index contributed by atoms with van der Waals surface area (Å²) >= 11 is 0. The number of benzene rings is 1. The van der Waals surface area contributed by atoms with Crippen molar-refractivity contribution in [3.8, 4) is 5.75 Å². The number of methoxy groups -OCH3 is 1. The molecule has 2 aromatic rings. The smallest absolute Gasteiger partial charge is 0.423 e. The van der Waals surface area contributed by atoms with Crippen LogP contribution in [0, 0.1) is 0 Å². The Hall–Kier alpha value is -2.90. The highest BCUT2D eigenvalue weighted by molar-refractivity contribution is 6.76. The van der Waals surface area contributed by atoms with E-state index in [0.29, 0.717) is 17.0 Å². The SMILES string of the molecule is COC(=O)c1cccc(OC[C@@H]2C[C@@H](O)CN2c2cnn(COCC[Si](C)(C)C)c(=O)c2C(F)(F)F)c1. The maximum atomic E-state index is 14.1. The van der Waals surface area contributed by atoms with Crippen LogP contribution in [0.25, 0.3) is 0 Å². The van der Waals surface area contributed by atoms with E-state index in [9.17, 15) is 27.9 Å². The molecule has 37 heavy (non-hydrogen) atoms. The summed E-state index contributed by atoms with van der Waals surface area (Å²) in [6.45, 7) is 6.12. The van der Waals surface area contributed by atoms with Gasteiger partial charge in [0.15, 0.2) is 0 Å². The number of carbonyl (C=O) groups excluding carboxylic acids is 1. The molecule has 3 rings (SSSR count).